The van der Waals surface area contributed by atoms with Crippen LogP contribution in [-0.4, -0.2) is 12.6 Å². The van der Waals surface area contributed by atoms with E-state index in [-0.39, 0.29) is 17.3 Å². The summed E-state index contributed by atoms with van der Waals surface area (Å²) in [6, 6.07) is 5.04. The number of nitrogens with one attached hydrogen (secondary N) is 1. The van der Waals surface area contributed by atoms with E-state index in [0.717, 1.165) is 19.4 Å². The van der Waals surface area contributed by atoms with Gasteiger partial charge in [0.05, 0.1) is 0 Å². The number of rotatable bonds is 7. The third-order valence-corrected chi connectivity index (χ3v) is 4.16. The van der Waals surface area contributed by atoms with Crippen LogP contribution in [0.25, 0.3) is 0 Å². The van der Waals surface area contributed by atoms with Crippen molar-refractivity contribution in [3.8, 4) is 0 Å². The van der Waals surface area contributed by atoms with Gasteiger partial charge in [0, 0.05) is 11.1 Å². The molecule has 1 N–H and O–H groups in total. The van der Waals surface area contributed by atoms with Crippen LogP contribution < -0.4 is 5.32 Å². The molecular weight excluding hydrogens is 261 g/mol. The average Bonchev–Trinajstić information content (AvgIpc) is 2.38. The summed E-state index contributed by atoms with van der Waals surface area (Å²) >= 11 is 5.97. The van der Waals surface area contributed by atoms with Gasteiger partial charge in [0.25, 0.3) is 0 Å². The Bertz CT molecular complexity index is 404. The highest BCUT2D eigenvalue weighted by molar-refractivity contribution is 6.30. The van der Waals surface area contributed by atoms with Crippen LogP contribution in [0.5, 0.6) is 0 Å². The number of halogens is 2. The Morgan fingerprint density at radius 1 is 1.32 bits per heavy atom. The van der Waals surface area contributed by atoms with E-state index in [1.807, 2.05) is 0 Å². The Hall–Kier alpha value is -0.600. The molecule has 3 heteroatoms. The quantitative estimate of drug-likeness (QED) is 0.757. The second-order valence-corrected chi connectivity index (χ2v) is 6.23. The molecule has 108 valence electrons. The first-order chi connectivity index (χ1) is 8.90. The molecule has 1 aromatic carbocycles. The van der Waals surface area contributed by atoms with Gasteiger partial charge in [0.1, 0.15) is 5.82 Å². The van der Waals surface area contributed by atoms with E-state index in [2.05, 4.69) is 33.0 Å². The van der Waals surface area contributed by atoms with Gasteiger partial charge >= 0.3 is 0 Å². The molecule has 19 heavy (non-hydrogen) atoms. The zero-order chi connectivity index (χ0) is 14.5. The van der Waals surface area contributed by atoms with Crippen LogP contribution in [0.3, 0.4) is 0 Å². The largest absolute Gasteiger partial charge is 0.313 e. The predicted octanol–water partition coefficient (Wildman–Crippen LogP) is 4.83. The normalized spacial score (nSPS) is 13.6. The van der Waals surface area contributed by atoms with Gasteiger partial charge < -0.3 is 5.32 Å². The second-order valence-electron chi connectivity index (χ2n) is 5.79. The van der Waals surface area contributed by atoms with E-state index in [1.165, 1.54) is 6.07 Å². The summed E-state index contributed by atoms with van der Waals surface area (Å²) in [5, 5.41) is 4.14. The smallest absolute Gasteiger partial charge is 0.126 e. The number of hydrogen-bond donors (Lipinski definition) is 1. The molecule has 0 aromatic heterocycles. The van der Waals surface area contributed by atoms with Gasteiger partial charge in [-0.05, 0) is 55.0 Å². The molecule has 0 fully saturated rings. The minimum atomic E-state index is -0.167. The lowest BCUT2D eigenvalue weighted by molar-refractivity contribution is 0.229. The summed E-state index contributed by atoms with van der Waals surface area (Å²) in [5.74, 6) is -0.167. The van der Waals surface area contributed by atoms with Crippen LogP contribution >= 0.6 is 11.6 Å². The molecule has 0 aliphatic heterocycles. The van der Waals surface area contributed by atoms with Crippen LogP contribution in [0.15, 0.2) is 18.2 Å². The maximum atomic E-state index is 13.9. The molecule has 0 radical (unpaired) electrons. The minimum absolute atomic E-state index is 0.129. The van der Waals surface area contributed by atoms with Crippen LogP contribution in [0.1, 0.15) is 46.1 Å². The van der Waals surface area contributed by atoms with Crippen molar-refractivity contribution in [2.45, 2.75) is 53.0 Å². The Kier molecular flexibility index (Phi) is 6.28. The SMILES string of the molecule is CCCNC(Cc1cc(Cl)ccc1F)C(C)(C)CC. The molecule has 1 aromatic rings. The molecule has 0 heterocycles. The number of benzene rings is 1. The highest BCUT2D eigenvalue weighted by Crippen LogP contribution is 2.28. The van der Waals surface area contributed by atoms with Gasteiger partial charge in [-0.25, -0.2) is 4.39 Å². The van der Waals surface area contributed by atoms with Crippen LogP contribution in [0.4, 0.5) is 4.39 Å². The van der Waals surface area contributed by atoms with Crippen molar-refractivity contribution in [3.63, 3.8) is 0 Å². The first-order valence-corrected chi connectivity index (χ1v) is 7.45. The van der Waals surface area contributed by atoms with Crippen molar-refractivity contribution in [1.82, 2.24) is 5.32 Å². The Morgan fingerprint density at radius 3 is 2.58 bits per heavy atom. The van der Waals surface area contributed by atoms with Crippen LogP contribution in [-0.2, 0) is 6.42 Å². The Morgan fingerprint density at radius 2 is 2.00 bits per heavy atom. The maximum absolute atomic E-state index is 13.9. The van der Waals surface area contributed by atoms with Crippen LogP contribution in [0, 0.1) is 11.2 Å². The molecule has 0 aliphatic rings. The van der Waals surface area contributed by atoms with Crippen molar-refractivity contribution < 1.29 is 4.39 Å². The van der Waals surface area contributed by atoms with E-state index < -0.39 is 0 Å². The van der Waals surface area contributed by atoms with Gasteiger partial charge in [-0.1, -0.05) is 39.3 Å². The first-order valence-electron chi connectivity index (χ1n) is 7.08. The second kappa shape index (κ2) is 7.25. The van der Waals surface area contributed by atoms with Crippen molar-refractivity contribution >= 4 is 11.6 Å². The van der Waals surface area contributed by atoms with Gasteiger partial charge in [0.2, 0.25) is 0 Å². The fraction of sp³-hybridized carbons (Fsp3) is 0.625. The fourth-order valence-electron chi connectivity index (χ4n) is 2.11. The molecule has 1 rings (SSSR count). The summed E-state index contributed by atoms with van der Waals surface area (Å²) in [5.41, 5.74) is 0.826. The third kappa shape index (κ3) is 4.77. The molecule has 0 aliphatic carbocycles. The molecule has 0 saturated carbocycles. The highest BCUT2D eigenvalue weighted by Gasteiger charge is 2.28. The molecule has 0 spiro atoms. The van der Waals surface area contributed by atoms with E-state index in [9.17, 15) is 4.39 Å². The molecule has 0 saturated heterocycles. The lowest BCUT2D eigenvalue weighted by atomic mass is 9.79. The molecule has 1 unspecified atom stereocenters. The summed E-state index contributed by atoms with van der Waals surface area (Å²) in [6.07, 6.45) is 2.80. The molecule has 1 nitrogen and oxygen atoms in total. The van der Waals surface area contributed by atoms with E-state index in [1.54, 1.807) is 12.1 Å². The average molecular weight is 286 g/mol. The Balaban J connectivity index is 2.90. The van der Waals surface area contributed by atoms with E-state index in [0.29, 0.717) is 17.0 Å². The van der Waals surface area contributed by atoms with E-state index in [4.69, 9.17) is 11.6 Å². The maximum Gasteiger partial charge on any atom is 0.126 e. The highest BCUT2D eigenvalue weighted by atomic mass is 35.5. The third-order valence-electron chi connectivity index (χ3n) is 3.93. The predicted molar refractivity (Wildman–Crippen MR) is 81.3 cm³/mol. The summed E-state index contributed by atoms with van der Waals surface area (Å²) in [6.45, 7) is 9.72. The standard InChI is InChI=1S/C16H25ClFN/c1-5-9-19-15(16(3,4)6-2)11-12-10-13(17)7-8-14(12)18/h7-8,10,15,19H,5-6,9,11H2,1-4H3. The number of hydrogen-bond acceptors (Lipinski definition) is 1. The monoisotopic (exact) mass is 285 g/mol. The first kappa shape index (κ1) is 16.5. The summed E-state index contributed by atoms with van der Waals surface area (Å²) < 4.78 is 13.9. The minimum Gasteiger partial charge on any atom is -0.313 e. The summed E-state index contributed by atoms with van der Waals surface area (Å²) in [7, 11) is 0. The van der Waals surface area contributed by atoms with E-state index >= 15 is 0 Å². The Labute approximate surface area is 121 Å². The lowest BCUT2D eigenvalue weighted by Crippen LogP contribution is -2.43. The van der Waals surface area contributed by atoms with Crippen molar-refractivity contribution in [2.75, 3.05) is 6.54 Å². The van der Waals surface area contributed by atoms with Crippen molar-refractivity contribution in [1.29, 1.82) is 0 Å². The zero-order valence-electron chi connectivity index (χ0n) is 12.4. The molecule has 0 amide bonds. The molecular formula is C16H25ClFN. The zero-order valence-corrected chi connectivity index (χ0v) is 13.1. The van der Waals surface area contributed by atoms with Gasteiger partial charge in [-0.15, -0.1) is 0 Å². The summed E-state index contributed by atoms with van der Waals surface area (Å²) in [4.78, 5) is 0. The fourth-order valence-corrected chi connectivity index (χ4v) is 2.30. The van der Waals surface area contributed by atoms with Gasteiger partial charge in [0.15, 0.2) is 0 Å². The van der Waals surface area contributed by atoms with Crippen LogP contribution in [0.2, 0.25) is 5.02 Å². The topological polar surface area (TPSA) is 12.0 Å². The molecule has 1 atom stereocenters. The van der Waals surface area contributed by atoms with Crippen molar-refractivity contribution in [2.24, 2.45) is 5.41 Å². The van der Waals surface area contributed by atoms with Crippen molar-refractivity contribution in [3.05, 3.63) is 34.6 Å². The molecule has 0 bridgehead atoms. The van der Waals surface area contributed by atoms with Gasteiger partial charge in [-0.2, -0.15) is 0 Å². The lowest BCUT2D eigenvalue weighted by Gasteiger charge is -2.34. The van der Waals surface area contributed by atoms with Gasteiger partial charge in [-0.3, -0.25) is 0 Å².